The van der Waals surface area contributed by atoms with Gasteiger partial charge in [0.25, 0.3) is 0 Å². The first-order valence-electron chi connectivity index (χ1n) is 4.40. The Balaban J connectivity index is 2.33. The fraction of sp³-hybridized carbons (Fsp3) is 0. The van der Waals surface area contributed by atoms with Crippen molar-refractivity contribution in [2.75, 3.05) is 0 Å². The Morgan fingerprint density at radius 2 is 2.21 bits per heavy atom. The molecule has 3 rings (SSSR count). The number of aromatic nitrogens is 2. The van der Waals surface area contributed by atoms with E-state index in [1.165, 1.54) is 11.1 Å². The molecule has 0 radical (unpaired) electrons. The Kier molecular flexibility index (Phi) is 1.64. The lowest BCUT2D eigenvalue weighted by Crippen LogP contribution is -1.82. The highest BCUT2D eigenvalue weighted by molar-refractivity contribution is 7.08. The van der Waals surface area contributed by atoms with E-state index in [2.05, 4.69) is 28.0 Å². The fourth-order valence-corrected chi connectivity index (χ4v) is 2.23. The number of hydrogen-bond acceptors (Lipinski definition) is 2. The normalized spacial score (nSPS) is 10.9. The molecule has 0 unspecified atom stereocenters. The van der Waals surface area contributed by atoms with E-state index in [-0.39, 0.29) is 0 Å². The van der Waals surface area contributed by atoms with Crippen LogP contribution < -0.4 is 0 Å². The zero-order valence-electron chi connectivity index (χ0n) is 7.42. The molecule has 0 spiro atoms. The van der Waals surface area contributed by atoms with Crippen molar-refractivity contribution in [3.8, 4) is 11.1 Å². The van der Waals surface area contributed by atoms with E-state index in [0.29, 0.717) is 0 Å². The minimum atomic E-state index is 1.16. The van der Waals surface area contributed by atoms with Crippen LogP contribution in [0, 0.1) is 0 Å². The van der Waals surface area contributed by atoms with E-state index in [1.807, 2.05) is 29.0 Å². The second kappa shape index (κ2) is 2.96. The predicted molar refractivity (Wildman–Crippen MR) is 58.5 cm³/mol. The van der Waals surface area contributed by atoms with E-state index in [9.17, 15) is 0 Å². The second-order valence-electron chi connectivity index (χ2n) is 3.10. The van der Waals surface area contributed by atoms with Crippen LogP contribution in [0.15, 0.2) is 47.4 Å². The molecule has 0 aliphatic carbocycles. The third kappa shape index (κ3) is 1.06. The molecule has 68 valence electrons. The van der Waals surface area contributed by atoms with Crippen molar-refractivity contribution in [1.29, 1.82) is 0 Å². The first-order chi connectivity index (χ1) is 6.95. The Morgan fingerprint density at radius 1 is 1.21 bits per heavy atom. The molecule has 0 N–H and O–H groups in total. The van der Waals surface area contributed by atoms with Crippen molar-refractivity contribution < 1.29 is 0 Å². The van der Waals surface area contributed by atoms with E-state index in [4.69, 9.17) is 0 Å². The van der Waals surface area contributed by atoms with E-state index < -0.39 is 0 Å². The van der Waals surface area contributed by atoms with Crippen molar-refractivity contribution in [2.24, 2.45) is 0 Å². The van der Waals surface area contributed by atoms with Crippen LogP contribution in [-0.2, 0) is 0 Å². The Labute approximate surface area is 85.4 Å². The van der Waals surface area contributed by atoms with Crippen LogP contribution in [0.1, 0.15) is 0 Å². The van der Waals surface area contributed by atoms with Crippen LogP contribution in [0.3, 0.4) is 0 Å². The maximum absolute atomic E-state index is 4.30. The van der Waals surface area contributed by atoms with E-state index >= 15 is 0 Å². The summed E-state index contributed by atoms with van der Waals surface area (Å²) >= 11 is 1.71. The van der Waals surface area contributed by atoms with Crippen LogP contribution in [0.2, 0.25) is 0 Å². The summed E-state index contributed by atoms with van der Waals surface area (Å²) in [6, 6.07) is 8.22. The highest BCUT2D eigenvalue weighted by Gasteiger charge is 2.04. The van der Waals surface area contributed by atoms with Crippen LogP contribution in [0.25, 0.3) is 16.6 Å². The van der Waals surface area contributed by atoms with Gasteiger partial charge in [0.1, 0.15) is 0 Å². The smallest absolute Gasteiger partial charge is 0.0740 e. The summed E-state index contributed by atoms with van der Waals surface area (Å²) in [6.07, 6.45) is 3.88. The van der Waals surface area contributed by atoms with Crippen molar-refractivity contribution in [3.05, 3.63) is 47.4 Å². The van der Waals surface area contributed by atoms with Gasteiger partial charge in [0.15, 0.2) is 0 Å². The molecule has 3 heterocycles. The van der Waals surface area contributed by atoms with Gasteiger partial charge in [0.2, 0.25) is 0 Å². The highest BCUT2D eigenvalue weighted by Crippen LogP contribution is 2.25. The molecule has 0 bridgehead atoms. The summed E-state index contributed by atoms with van der Waals surface area (Å²) in [7, 11) is 0. The number of nitrogens with zero attached hydrogens (tertiary/aromatic N) is 2. The van der Waals surface area contributed by atoms with Gasteiger partial charge in [0, 0.05) is 11.8 Å². The number of pyridine rings is 1. The Hall–Kier alpha value is -1.61. The lowest BCUT2D eigenvalue weighted by molar-refractivity contribution is 0.961. The molecule has 0 amide bonds. The van der Waals surface area contributed by atoms with E-state index in [1.54, 1.807) is 11.3 Å². The quantitative estimate of drug-likeness (QED) is 0.590. The van der Waals surface area contributed by atoms with Gasteiger partial charge < -0.3 is 0 Å². The van der Waals surface area contributed by atoms with Gasteiger partial charge in [-0.05, 0) is 34.5 Å². The maximum atomic E-state index is 4.30. The minimum absolute atomic E-state index is 1.16. The van der Waals surface area contributed by atoms with Gasteiger partial charge in [-0.15, -0.1) is 0 Å². The van der Waals surface area contributed by atoms with Gasteiger partial charge in [-0.1, -0.05) is 6.07 Å². The first kappa shape index (κ1) is 7.76. The topological polar surface area (TPSA) is 17.3 Å². The van der Waals surface area contributed by atoms with Crippen LogP contribution >= 0.6 is 11.3 Å². The second-order valence-corrected chi connectivity index (χ2v) is 3.88. The standard InChI is InChI=1S/C11H8N2S/c1-2-5-13-11(3-1)10(7-12-13)9-4-6-14-8-9/h1-8H. The monoisotopic (exact) mass is 200 g/mol. The fourth-order valence-electron chi connectivity index (χ4n) is 1.57. The maximum Gasteiger partial charge on any atom is 0.0740 e. The molecule has 3 aromatic rings. The van der Waals surface area contributed by atoms with Crippen LogP contribution in [0.4, 0.5) is 0 Å². The molecule has 0 aliphatic heterocycles. The summed E-state index contributed by atoms with van der Waals surface area (Å²) in [5.74, 6) is 0. The predicted octanol–water partition coefficient (Wildman–Crippen LogP) is 3.06. The zero-order valence-corrected chi connectivity index (χ0v) is 8.24. The molecule has 14 heavy (non-hydrogen) atoms. The van der Waals surface area contributed by atoms with Crippen LogP contribution in [-0.4, -0.2) is 9.61 Å². The Bertz CT molecular complexity index is 551. The van der Waals surface area contributed by atoms with Crippen molar-refractivity contribution in [2.45, 2.75) is 0 Å². The van der Waals surface area contributed by atoms with Gasteiger partial charge in [-0.25, -0.2) is 4.52 Å². The highest BCUT2D eigenvalue weighted by atomic mass is 32.1. The average molecular weight is 200 g/mol. The molecule has 0 saturated heterocycles. The number of fused-ring (bicyclic) bond motifs is 1. The lowest BCUT2D eigenvalue weighted by atomic mass is 10.1. The van der Waals surface area contributed by atoms with Gasteiger partial charge in [0.05, 0.1) is 11.7 Å². The van der Waals surface area contributed by atoms with Gasteiger partial charge in [-0.3, -0.25) is 0 Å². The minimum Gasteiger partial charge on any atom is -0.240 e. The summed E-state index contributed by atoms with van der Waals surface area (Å²) < 4.78 is 1.90. The van der Waals surface area contributed by atoms with Gasteiger partial charge >= 0.3 is 0 Å². The zero-order chi connectivity index (χ0) is 9.38. The molecular weight excluding hydrogens is 192 g/mol. The molecule has 2 nitrogen and oxygen atoms in total. The third-order valence-corrected chi connectivity index (χ3v) is 2.94. The molecule has 3 aromatic heterocycles. The number of hydrogen-bond donors (Lipinski definition) is 0. The van der Waals surface area contributed by atoms with Crippen molar-refractivity contribution in [3.63, 3.8) is 0 Å². The molecule has 0 saturated carbocycles. The molecule has 0 aromatic carbocycles. The summed E-state index contributed by atoms with van der Waals surface area (Å²) in [4.78, 5) is 0. The van der Waals surface area contributed by atoms with E-state index in [0.717, 1.165) is 5.52 Å². The van der Waals surface area contributed by atoms with Gasteiger partial charge in [-0.2, -0.15) is 16.4 Å². The summed E-state index contributed by atoms with van der Waals surface area (Å²) in [5, 5.41) is 8.52. The third-order valence-electron chi connectivity index (χ3n) is 2.26. The molecule has 0 aliphatic rings. The van der Waals surface area contributed by atoms with Crippen LogP contribution in [0.5, 0.6) is 0 Å². The molecule has 3 heteroatoms. The van der Waals surface area contributed by atoms with Crippen molar-refractivity contribution in [1.82, 2.24) is 9.61 Å². The molecular formula is C11H8N2S. The number of thiophene rings is 1. The van der Waals surface area contributed by atoms with Crippen molar-refractivity contribution >= 4 is 16.9 Å². The molecule has 0 fully saturated rings. The lowest BCUT2D eigenvalue weighted by Gasteiger charge is -1.94. The number of rotatable bonds is 1. The Morgan fingerprint density at radius 3 is 3.07 bits per heavy atom. The SMILES string of the molecule is c1ccn2ncc(-c3ccsc3)c2c1. The first-order valence-corrected chi connectivity index (χ1v) is 5.34. The summed E-state index contributed by atoms with van der Waals surface area (Å²) in [6.45, 7) is 0. The summed E-state index contributed by atoms with van der Waals surface area (Å²) in [5.41, 5.74) is 3.61. The molecule has 0 atom stereocenters. The largest absolute Gasteiger partial charge is 0.240 e. The average Bonchev–Trinajstić information content (AvgIpc) is 2.85.